The predicted molar refractivity (Wildman–Crippen MR) is 62.5 cm³/mol. The average molecular weight is 204 g/mol. The topological polar surface area (TPSA) is 20.2 Å². The summed E-state index contributed by atoms with van der Waals surface area (Å²) in [5, 5.41) is 10.7. The standard InChI is InChI=1S/C14H20O/c1-13(2,3)12-9-10-14(12,15)11-7-5-4-6-8-11/h4-8,12,15H,9-10H2,1-3H3/t12-,14+/m1/s1. The summed E-state index contributed by atoms with van der Waals surface area (Å²) >= 11 is 0. The molecule has 1 aromatic carbocycles. The molecule has 0 saturated heterocycles. The lowest BCUT2D eigenvalue weighted by molar-refractivity contribution is -0.144. The molecule has 82 valence electrons. The van der Waals surface area contributed by atoms with Crippen LogP contribution in [0.4, 0.5) is 0 Å². The lowest BCUT2D eigenvalue weighted by Gasteiger charge is -2.52. The van der Waals surface area contributed by atoms with Crippen LogP contribution in [0.25, 0.3) is 0 Å². The molecule has 1 aliphatic rings. The van der Waals surface area contributed by atoms with Gasteiger partial charge in [0.15, 0.2) is 0 Å². The summed E-state index contributed by atoms with van der Waals surface area (Å²) in [6.45, 7) is 6.64. The van der Waals surface area contributed by atoms with Crippen molar-refractivity contribution in [3.63, 3.8) is 0 Å². The van der Waals surface area contributed by atoms with E-state index in [4.69, 9.17) is 0 Å². The zero-order valence-electron chi connectivity index (χ0n) is 9.83. The van der Waals surface area contributed by atoms with Gasteiger partial charge in [0.25, 0.3) is 0 Å². The molecular formula is C14H20O. The van der Waals surface area contributed by atoms with Gasteiger partial charge in [-0.05, 0) is 29.7 Å². The Labute approximate surface area is 92.1 Å². The molecule has 1 saturated carbocycles. The number of rotatable bonds is 1. The lowest BCUT2D eigenvalue weighted by atomic mass is 9.56. The van der Waals surface area contributed by atoms with E-state index < -0.39 is 5.60 Å². The molecule has 0 spiro atoms. The average Bonchev–Trinajstić information content (AvgIpc) is 2.14. The van der Waals surface area contributed by atoms with Gasteiger partial charge in [0.1, 0.15) is 0 Å². The molecule has 0 heterocycles. The molecule has 0 bridgehead atoms. The van der Waals surface area contributed by atoms with E-state index in [1.54, 1.807) is 0 Å². The van der Waals surface area contributed by atoms with Crippen LogP contribution < -0.4 is 0 Å². The van der Waals surface area contributed by atoms with E-state index in [1.165, 1.54) is 0 Å². The highest BCUT2D eigenvalue weighted by Crippen LogP contribution is 2.54. The highest BCUT2D eigenvalue weighted by atomic mass is 16.3. The summed E-state index contributed by atoms with van der Waals surface area (Å²) < 4.78 is 0. The third kappa shape index (κ3) is 1.69. The summed E-state index contributed by atoms with van der Waals surface area (Å²) in [6, 6.07) is 10.1. The van der Waals surface area contributed by atoms with Crippen LogP contribution in [0.3, 0.4) is 0 Å². The van der Waals surface area contributed by atoms with Gasteiger partial charge in [-0.2, -0.15) is 0 Å². The maximum atomic E-state index is 10.7. The van der Waals surface area contributed by atoms with E-state index in [1.807, 2.05) is 30.3 Å². The molecule has 0 aliphatic heterocycles. The second-order valence-electron chi connectivity index (χ2n) is 5.75. The summed E-state index contributed by atoms with van der Waals surface area (Å²) in [7, 11) is 0. The zero-order chi connectivity index (χ0) is 11.1. The first kappa shape index (κ1) is 10.7. The number of aliphatic hydroxyl groups is 1. The minimum Gasteiger partial charge on any atom is -0.385 e. The van der Waals surface area contributed by atoms with Crippen LogP contribution >= 0.6 is 0 Å². The van der Waals surface area contributed by atoms with Crippen LogP contribution in [0.15, 0.2) is 30.3 Å². The summed E-state index contributed by atoms with van der Waals surface area (Å²) in [5.74, 6) is 0.382. The van der Waals surface area contributed by atoms with Crippen molar-refractivity contribution in [1.82, 2.24) is 0 Å². The van der Waals surface area contributed by atoms with Crippen LogP contribution in [0.1, 0.15) is 39.2 Å². The Morgan fingerprint density at radius 1 is 1.20 bits per heavy atom. The van der Waals surface area contributed by atoms with Gasteiger partial charge in [-0.15, -0.1) is 0 Å². The fourth-order valence-corrected chi connectivity index (χ4v) is 2.78. The Kier molecular flexibility index (Phi) is 2.38. The maximum Gasteiger partial charge on any atom is 0.0929 e. The minimum absolute atomic E-state index is 0.183. The first-order valence-corrected chi connectivity index (χ1v) is 5.72. The quantitative estimate of drug-likeness (QED) is 0.744. The second-order valence-corrected chi connectivity index (χ2v) is 5.75. The van der Waals surface area contributed by atoms with Crippen molar-refractivity contribution in [2.75, 3.05) is 0 Å². The van der Waals surface area contributed by atoms with Gasteiger partial charge >= 0.3 is 0 Å². The second kappa shape index (κ2) is 3.34. The molecule has 1 nitrogen and oxygen atoms in total. The molecule has 1 heteroatoms. The first-order valence-electron chi connectivity index (χ1n) is 5.72. The van der Waals surface area contributed by atoms with Crippen LogP contribution in [-0.2, 0) is 5.60 Å². The highest BCUT2D eigenvalue weighted by molar-refractivity contribution is 5.26. The predicted octanol–water partition coefficient (Wildman–Crippen LogP) is 3.33. The van der Waals surface area contributed by atoms with Crippen LogP contribution in [0.2, 0.25) is 0 Å². The van der Waals surface area contributed by atoms with Crippen molar-refractivity contribution in [3.05, 3.63) is 35.9 Å². The fraction of sp³-hybridized carbons (Fsp3) is 0.571. The summed E-state index contributed by atoms with van der Waals surface area (Å²) in [5.41, 5.74) is 0.679. The van der Waals surface area contributed by atoms with Crippen molar-refractivity contribution in [2.45, 2.75) is 39.2 Å². The zero-order valence-corrected chi connectivity index (χ0v) is 9.83. The number of benzene rings is 1. The Balaban J connectivity index is 2.29. The molecule has 1 aliphatic carbocycles. The molecule has 1 aromatic rings. The molecule has 2 rings (SSSR count). The van der Waals surface area contributed by atoms with Gasteiger partial charge in [0, 0.05) is 0 Å². The Morgan fingerprint density at radius 3 is 2.20 bits per heavy atom. The molecule has 2 atom stereocenters. The third-order valence-electron chi connectivity index (χ3n) is 3.71. The largest absolute Gasteiger partial charge is 0.385 e. The normalized spacial score (nSPS) is 31.1. The summed E-state index contributed by atoms with van der Waals surface area (Å²) in [6.07, 6.45) is 2.04. The van der Waals surface area contributed by atoms with Crippen molar-refractivity contribution in [1.29, 1.82) is 0 Å². The molecule has 0 amide bonds. The summed E-state index contributed by atoms with van der Waals surface area (Å²) in [4.78, 5) is 0. The maximum absolute atomic E-state index is 10.7. The molecular weight excluding hydrogens is 184 g/mol. The molecule has 15 heavy (non-hydrogen) atoms. The van der Waals surface area contributed by atoms with Crippen molar-refractivity contribution in [3.8, 4) is 0 Å². The van der Waals surface area contributed by atoms with Crippen LogP contribution in [0.5, 0.6) is 0 Å². The SMILES string of the molecule is CC(C)(C)[C@H]1CC[C@]1(O)c1ccccc1. The lowest BCUT2D eigenvalue weighted by Crippen LogP contribution is -2.50. The molecule has 0 unspecified atom stereocenters. The van der Waals surface area contributed by atoms with Crippen molar-refractivity contribution < 1.29 is 5.11 Å². The molecule has 1 fully saturated rings. The Hall–Kier alpha value is -0.820. The van der Waals surface area contributed by atoms with Gasteiger partial charge in [-0.1, -0.05) is 51.1 Å². The van der Waals surface area contributed by atoms with Gasteiger partial charge in [0.2, 0.25) is 0 Å². The smallest absolute Gasteiger partial charge is 0.0929 e. The van der Waals surface area contributed by atoms with E-state index in [0.29, 0.717) is 5.92 Å². The van der Waals surface area contributed by atoms with Gasteiger partial charge < -0.3 is 5.11 Å². The van der Waals surface area contributed by atoms with Crippen LogP contribution in [-0.4, -0.2) is 5.11 Å². The molecule has 0 aromatic heterocycles. The van der Waals surface area contributed by atoms with E-state index >= 15 is 0 Å². The van der Waals surface area contributed by atoms with E-state index in [9.17, 15) is 5.11 Å². The Morgan fingerprint density at radius 2 is 1.80 bits per heavy atom. The molecule has 1 N–H and O–H groups in total. The third-order valence-corrected chi connectivity index (χ3v) is 3.71. The number of hydrogen-bond acceptors (Lipinski definition) is 1. The van der Waals surface area contributed by atoms with Crippen molar-refractivity contribution >= 4 is 0 Å². The van der Waals surface area contributed by atoms with Crippen molar-refractivity contribution in [2.24, 2.45) is 11.3 Å². The minimum atomic E-state index is -0.584. The van der Waals surface area contributed by atoms with Crippen LogP contribution in [0, 0.1) is 11.3 Å². The first-order chi connectivity index (χ1) is 6.94. The van der Waals surface area contributed by atoms with Gasteiger partial charge in [-0.3, -0.25) is 0 Å². The van der Waals surface area contributed by atoms with E-state index in [2.05, 4.69) is 20.8 Å². The fourth-order valence-electron chi connectivity index (χ4n) is 2.78. The van der Waals surface area contributed by atoms with Gasteiger partial charge in [-0.25, -0.2) is 0 Å². The monoisotopic (exact) mass is 204 g/mol. The highest BCUT2D eigenvalue weighted by Gasteiger charge is 2.51. The van der Waals surface area contributed by atoms with E-state index in [-0.39, 0.29) is 5.41 Å². The van der Waals surface area contributed by atoms with E-state index in [0.717, 1.165) is 18.4 Å². The Bertz CT molecular complexity index is 336. The number of hydrogen-bond donors (Lipinski definition) is 1. The van der Waals surface area contributed by atoms with Gasteiger partial charge in [0.05, 0.1) is 5.60 Å². The molecule has 0 radical (unpaired) electrons.